The molecule has 2 fully saturated rings. The maximum Gasteiger partial charge on any atom is 0.213 e. The van der Waals surface area contributed by atoms with E-state index in [4.69, 9.17) is 60.6 Å². The summed E-state index contributed by atoms with van der Waals surface area (Å²) in [5.41, 5.74) is 0. The molecule has 0 bridgehead atoms. The molecular weight excluding hydrogens is 398 g/mol. The predicted octanol–water partition coefficient (Wildman–Crippen LogP) is -0.410. The second-order valence-electron chi connectivity index (χ2n) is 5.41. The number of alkyl halides is 4. The average molecular weight is 416 g/mol. The lowest BCUT2D eigenvalue weighted by molar-refractivity contribution is -0.357. The number of rotatable bonds is 5. The molecule has 136 valence electrons. The van der Waals surface area contributed by atoms with Crippen molar-refractivity contribution in [2.45, 2.75) is 53.4 Å². The smallest absolute Gasteiger partial charge is 0.213 e. The predicted molar refractivity (Wildman–Crippen MR) is 83.2 cm³/mol. The third-order valence-electron chi connectivity index (χ3n) is 3.91. The second kappa shape index (κ2) is 8.05. The van der Waals surface area contributed by atoms with Crippen LogP contribution in [-0.4, -0.2) is 92.1 Å². The Balaban J connectivity index is 2.18. The third-order valence-corrected chi connectivity index (χ3v) is 5.65. The Hall–Kier alpha value is 0.880. The molecule has 0 aliphatic carbocycles. The van der Waals surface area contributed by atoms with Crippen LogP contribution in [0.25, 0.3) is 0 Å². The summed E-state index contributed by atoms with van der Waals surface area (Å²) in [7, 11) is 0. The van der Waals surface area contributed by atoms with Crippen molar-refractivity contribution in [3.05, 3.63) is 0 Å². The van der Waals surface area contributed by atoms with Crippen LogP contribution in [0.4, 0.5) is 0 Å². The monoisotopic (exact) mass is 414 g/mol. The van der Waals surface area contributed by atoms with E-state index in [1.165, 1.54) is 0 Å². The molecule has 2 aliphatic rings. The highest BCUT2D eigenvalue weighted by molar-refractivity contribution is 6.24. The molecule has 4 N–H and O–H groups in total. The minimum atomic E-state index is -1.78. The molecule has 0 spiro atoms. The molecule has 23 heavy (non-hydrogen) atoms. The average Bonchev–Trinajstić information content (AvgIpc) is 2.80. The minimum Gasteiger partial charge on any atom is -0.394 e. The van der Waals surface area contributed by atoms with Gasteiger partial charge in [0.05, 0.1) is 35.2 Å². The van der Waals surface area contributed by atoms with Crippen LogP contribution < -0.4 is 0 Å². The van der Waals surface area contributed by atoms with Crippen molar-refractivity contribution in [3.63, 3.8) is 0 Å². The fourth-order valence-corrected chi connectivity index (χ4v) is 3.78. The van der Waals surface area contributed by atoms with Crippen LogP contribution in [0.3, 0.4) is 0 Å². The molecule has 0 amide bonds. The maximum atomic E-state index is 10.3. The van der Waals surface area contributed by atoms with E-state index < -0.39 is 60.0 Å². The zero-order chi connectivity index (χ0) is 17.4. The molecule has 2 unspecified atom stereocenters. The molecule has 11 heteroatoms. The van der Waals surface area contributed by atoms with Crippen molar-refractivity contribution in [1.82, 2.24) is 0 Å². The molecule has 2 saturated heterocycles. The van der Waals surface area contributed by atoms with E-state index in [9.17, 15) is 20.4 Å². The van der Waals surface area contributed by atoms with E-state index in [1.807, 2.05) is 0 Å². The Morgan fingerprint density at radius 2 is 1.65 bits per heavy atom. The van der Waals surface area contributed by atoms with E-state index in [0.29, 0.717) is 0 Å². The molecule has 2 aliphatic heterocycles. The lowest BCUT2D eigenvalue weighted by Crippen LogP contribution is -2.61. The van der Waals surface area contributed by atoms with Gasteiger partial charge in [0, 0.05) is 0 Å². The van der Waals surface area contributed by atoms with E-state index in [0.717, 1.165) is 0 Å². The van der Waals surface area contributed by atoms with Gasteiger partial charge < -0.3 is 34.6 Å². The summed E-state index contributed by atoms with van der Waals surface area (Å²) in [4.78, 5) is 0. The van der Waals surface area contributed by atoms with Crippen molar-refractivity contribution < 1.29 is 34.6 Å². The van der Waals surface area contributed by atoms with Gasteiger partial charge in [-0.2, -0.15) is 0 Å². The summed E-state index contributed by atoms with van der Waals surface area (Å²) >= 11 is 23.5. The molecule has 0 aromatic heterocycles. The summed E-state index contributed by atoms with van der Waals surface area (Å²) in [6, 6.07) is 0. The van der Waals surface area contributed by atoms with Crippen LogP contribution in [0.15, 0.2) is 0 Å². The van der Waals surface area contributed by atoms with E-state index >= 15 is 0 Å². The number of hydrogen-bond acceptors (Lipinski definition) is 7. The quantitative estimate of drug-likeness (QED) is 0.452. The number of aliphatic hydroxyl groups is 4. The highest BCUT2D eigenvalue weighted by atomic mass is 35.5. The second-order valence-corrected chi connectivity index (χ2v) is 7.00. The maximum absolute atomic E-state index is 10.3. The molecule has 2 rings (SSSR count). The summed E-state index contributed by atoms with van der Waals surface area (Å²) in [5, 5.41) is 37.6. The molecule has 0 aromatic rings. The summed E-state index contributed by atoms with van der Waals surface area (Å²) < 4.78 is 16.4. The Kier molecular flexibility index (Phi) is 7.07. The van der Waals surface area contributed by atoms with Crippen molar-refractivity contribution in [2.24, 2.45) is 0 Å². The first-order valence-corrected chi connectivity index (χ1v) is 8.81. The van der Waals surface area contributed by atoms with Crippen molar-refractivity contribution in [3.8, 4) is 0 Å². The first kappa shape index (κ1) is 20.2. The van der Waals surface area contributed by atoms with Crippen LogP contribution in [0.1, 0.15) is 0 Å². The van der Waals surface area contributed by atoms with Gasteiger partial charge in [0.1, 0.15) is 24.4 Å². The zero-order valence-electron chi connectivity index (χ0n) is 11.8. The highest BCUT2D eigenvalue weighted by Gasteiger charge is 2.57. The topological polar surface area (TPSA) is 109 Å². The van der Waals surface area contributed by atoms with Gasteiger partial charge >= 0.3 is 0 Å². The van der Waals surface area contributed by atoms with Gasteiger partial charge in [-0.25, -0.2) is 0 Å². The van der Waals surface area contributed by atoms with Crippen molar-refractivity contribution >= 4 is 46.4 Å². The van der Waals surface area contributed by atoms with E-state index in [1.54, 1.807) is 0 Å². The number of ether oxygens (including phenoxy) is 3. The normalized spacial score (nSPS) is 51.1. The highest BCUT2D eigenvalue weighted by Crippen LogP contribution is 2.39. The first-order valence-electron chi connectivity index (χ1n) is 6.87. The number of aliphatic hydroxyl groups excluding tert-OH is 4. The van der Waals surface area contributed by atoms with Crippen LogP contribution >= 0.6 is 46.4 Å². The summed E-state index contributed by atoms with van der Waals surface area (Å²) in [6.07, 6.45) is -7.47. The lowest BCUT2D eigenvalue weighted by atomic mass is 10.0. The van der Waals surface area contributed by atoms with E-state index in [-0.39, 0.29) is 11.8 Å². The zero-order valence-corrected chi connectivity index (χ0v) is 14.8. The fourth-order valence-electron chi connectivity index (χ4n) is 2.53. The van der Waals surface area contributed by atoms with Crippen LogP contribution in [0.2, 0.25) is 0 Å². The Morgan fingerprint density at radius 1 is 1.00 bits per heavy atom. The third kappa shape index (κ3) is 3.71. The van der Waals surface area contributed by atoms with Gasteiger partial charge in [-0.15, -0.1) is 46.4 Å². The number of hydrogen-bond donors (Lipinski definition) is 4. The van der Waals surface area contributed by atoms with Gasteiger partial charge in [-0.05, 0) is 0 Å². The fraction of sp³-hybridized carbons (Fsp3) is 1.00. The molecule has 2 heterocycles. The molecular formula is C12H18Cl4O7. The van der Waals surface area contributed by atoms with Crippen molar-refractivity contribution in [1.29, 1.82) is 0 Å². The number of halogens is 4. The Bertz CT molecular complexity index is 404. The molecule has 0 radical (unpaired) electrons. The van der Waals surface area contributed by atoms with Crippen molar-refractivity contribution in [2.75, 3.05) is 18.4 Å². The van der Waals surface area contributed by atoms with Crippen LogP contribution in [0, 0.1) is 0 Å². The van der Waals surface area contributed by atoms with Gasteiger partial charge in [0.25, 0.3) is 0 Å². The van der Waals surface area contributed by atoms with Crippen LogP contribution in [-0.2, 0) is 14.2 Å². The lowest BCUT2D eigenvalue weighted by Gasteiger charge is -2.43. The Labute approximate surface area is 152 Å². The van der Waals surface area contributed by atoms with Crippen LogP contribution in [0.5, 0.6) is 0 Å². The van der Waals surface area contributed by atoms with Gasteiger partial charge in [0.2, 0.25) is 5.79 Å². The van der Waals surface area contributed by atoms with Gasteiger partial charge in [-0.3, -0.25) is 0 Å². The van der Waals surface area contributed by atoms with E-state index in [2.05, 4.69) is 0 Å². The molecule has 9 atom stereocenters. The molecule has 0 aromatic carbocycles. The SMILES string of the molecule is OC[C@H]1OC(OC2(CCl)O[C@H](CCl)[C@H](Cl)[C@H]2O)[C@H](O)[C@@H](O)[C@H]1Cl. The largest absolute Gasteiger partial charge is 0.394 e. The van der Waals surface area contributed by atoms with Gasteiger partial charge in [-0.1, -0.05) is 0 Å². The minimum absolute atomic E-state index is 0.00700. The summed E-state index contributed by atoms with van der Waals surface area (Å²) in [5.74, 6) is -2.12. The molecule has 0 saturated carbocycles. The van der Waals surface area contributed by atoms with Gasteiger partial charge in [0.15, 0.2) is 6.29 Å². The Morgan fingerprint density at radius 3 is 2.13 bits per heavy atom. The molecule has 7 nitrogen and oxygen atoms in total. The first-order chi connectivity index (χ1) is 10.8. The standard InChI is InChI=1S/C12H18Cl4O7/c13-1-4-7(16)10(20)12(3-14,22-4)23-11-9(19)8(18)6(15)5(2-17)21-11/h4-11,17-20H,1-3H2/t4-,5-,6+,7+,8+,9-,10-,11?,12?/m1/s1. The summed E-state index contributed by atoms with van der Waals surface area (Å²) in [6.45, 7) is -0.502.